The molecule has 24 heavy (non-hydrogen) atoms. The van der Waals surface area contributed by atoms with Crippen molar-refractivity contribution in [2.45, 2.75) is 11.2 Å². The lowest BCUT2D eigenvalue weighted by atomic mass is 10.3. The third-order valence-electron chi connectivity index (χ3n) is 2.61. The first kappa shape index (κ1) is 18.2. The Morgan fingerprint density at radius 2 is 1.96 bits per heavy atom. The maximum atomic E-state index is 12.6. The smallest absolute Gasteiger partial charge is 0.323 e. The van der Waals surface area contributed by atoms with E-state index < -0.39 is 12.0 Å². The van der Waals surface area contributed by atoms with Crippen LogP contribution in [-0.2, 0) is 6.18 Å². The summed E-state index contributed by atoms with van der Waals surface area (Å²) in [5.41, 5.74) is 1.04. The molecule has 0 amide bonds. The fraction of sp³-hybridized carbons (Fsp3) is 0.143. The summed E-state index contributed by atoms with van der Waals surface area (Å²) in [5.74, 6) is 4.30. The lowest BCUT2D eigenvalue weighted by Crippen LogP contribution is -2.11. The highest BCUT2D eigenvalue weighted by atomic mass is 35.5. The van der Waals surface area contributed by atoms with Crippen LogP contribution in [0.1, 0.15) is 5.82 Å². The quantitative estimate of drug-likeness (QED) is 0.283. The molecule has 0 spiro atoms. The first-order valence-electron chi connectivity index (χ1n) is 6.48. The summed E-state index contributed by atoms with van der Waals surface area (Å²) in [6, 6.07) is 8.16. The molecule has 0 fully saturated rings. The highest BCUT2D eigenvalue weighted by Gasteiger charge is 2.34. The molecule has 0 radical (unpaired) electrons. The Kier molecular flexibility index (Phi) is 6.16. The molecule has 2 N–H and O–H groups in total. The van der Waals surface area contributed by atoms with E-state index in [1.165, 1.54) is 12.3 Å². The largest absolute Gasteiger partial charge is 0.451 e. The van der Waals surface area contributed by atoms with E-state index in [4.69, 9.17) is 17.4 Å². The summed E-state index contributed by atoms with van der Waals surface area (Å²) in [4.78, 5) is 10.8. The van der Waals surface area contributed by atoms with Crippen molar-refractivity contribution in [1.29, 1.82) is 0 Å². The number of nitrogens with two attached hydrogens (primary N) is 1. The molecule has 0 saturated heterocycles. The number of rotatable bonds is 5. The molecule has 5 nitrogen and oxygen atoms in total. The van der Waals surface area contributed by atoms with E-state index in [2.05, 4.69) is 20.1 Å². The van der Waals surface area contributed by atoms with Crippen molar-refractivity contribution in [3.05, 3.63) is 47.4 Å². The average Bonchev–Trinajstić information content (AvgIpc) is 2.56. The molecule has 0 unspecified atom stereocenters. The fourth-order valence-electron chi connectivity index (χ4n) is 1.49. The Morgan fingerprint density at radius 3 is 2.58 bits per heavy atom. The van der Waals surface area contributed by atoms with E-state index in [9.17, 15) is 13.2 Å². The van der Waals surface area contributed by atoms with Crippen molar-refractivity contribution in [2.24, 2.45) is 15.9 Å². The minimum absolute atomic E-state index is 0.165. The van der Waals surface area contributed by atoms with Crippen LogP contribution in [0, 0.1) is 0 Å². The van der Waals surface area contributed by atoms with Crippen molar-refractivity contribution in [3.8, 4) is 0 Å². The second-order valence-electron chi connectivity index (χ2n) is 4.36. The zero-order chi connectivity index (χ0) is 17.6. The van der Waals surface area contributed by atoms with Crippen LogP contribution in [-0.4, -0.2) is 27.6 Å². The van der Waals surface area contributed by atoms with Gasteiger partial charge in [-0.15, -0.1) is 0 Å². The van der Waals surface area contributed by atoms with E-state index in [1.807, 2.05) is 0 Å². The Labute approximate surface area is 144 Å². The second kappa shape index (κ2) is 8.11. The minimum atomic E-state index is -4.59. The first-order chi connectivity index (χ1) is 11.4. The lowest BCUT2D eigenvalue weighted by molar-refractivity contribution is -0.145. The zero-order valence-corrected chi connectivity index (χ0v) is 13.6. The van der Waals surface area contributed by atoms with E-state index in [1.54, 1.807) is 24.3 Å². The molecule has 1 aromatic carbocycles. The molecular weight excluding hydrogens is 363 g/mol. The number of benzene rings is 1. The van der Waals surface area contributed by atoms with Crippen LogP contribution in [0.15, 0.2) is 51.6 Å². The van der Waals surface area contributed by atoms with Crippen LogP contribution in [0.4, 0.5) is 18.9 Å². The van der Waals surface area contributed by atoms with Gasteiger partial charge in [0.15, 0.2) is 0 Å². The van der Waals surface area contributed by atoms with Crippen molar-refractivity contribution < 1.29 is 13.2 Å². The summed E-state index contributed by atoms with van der Waals surface area (Å²) < 4.78 is 37.7. The van der Waals surface area contributed by atoms with Crippen LogP contribution < -0.4 is 5.84 Å². The number of hydrogen-bond acceptors (Lipinski definition) is 6. The van der Waals surface area contributed by atoms with Crippen LogP contribution >= 0.6 is 23.4 Å². The topological polar surface area (TPSA) is 76.5 Å². The highest BCUT2D eigenvalue weighted by molar-refractivity contribution is 8.00. The number of hydrogen-bond donors (Lipinski definition) is 1. The van der Waals surface area contributed by atoms with Crippen molar-refractivity contribution in [3.63, 3.8) is 0 Å². The van der Waals surface area contributed by atoms with Crippen LogP contribution in [0.3, 0.4) is 0 Å². The predicted octanol–water partition coefficient (Wildman–Crippen LogP) is 3.96. The molecule has 1 aromatic heterocycles. The Bertz CT molecular complexity index is 747. The minimum Gasteiger partial charge on any atom is -0.323 e. The second-order valence-corrected chi connectivity index (χ2v) is 5.79. The van der Waals surface area contributed by atoms with Crippen LogP contribution in [0.2, 0.25) is 5.02 Å². The average molecular weight is 374 g/mol. The summed E-state index contributed by atoms with van der Waals surface area (Å²) in [6.45, 7) is 0. The summed E-state index contributed by atoms with van der Waals surface area (Å²) in [5, 5.41) is 4.31. The molecule has 0 saturated carbocycles. The lowest BCUT2D eigenvalue weighted by Gasteiger charge is -2.06. The maximum Gasteiger partial charge on any atom is 0.451 e. The number of thioether (sulfide) groups is 1. The molecule has 126 valence electrons. The summed E-state index contributed by atoms with van der Waals surface area (Å²) >= 11 is 6.82. The van der Waals surface area contributed by atoms with Gasteiger partial charge >= 0.3 is 6.18 Å². The van der Waals surface area contributed by atoms with Crippen LogP contribution in [0.5, 0.6) is 0 Å². The highest BCUT2D eigenvalue weighted by Crippen LogP contribution is 2.27. The predicted molar refractivity (Wildman–Crippen MR) is 89.0 cm³/mol. The van der Waals surface area contributed by atoms with E-state index in [0.717, 1.165) is 18.0 Å². The van der Waals surface area contributed by atoms with Gasteiger partial charge in [-0.2, -0.15) is 18.3 Å². The summed E-state index contributed by atoms with van der Waals surface area (Å²) in [6.07, 6.45) is -2.10. The SMILES string of the molecule is NN=C(C=Nc1ccc(Cl)cc1)CSc1ccnc(C(F)(F)F)n1. The van der Waals surface area contributed by atoms with Gasteiger partial charge in [-0.05, 0) is 30.3 Å². The van der Waals surface area contributed by atoms with Gasteiger partial charge in [-0.3, -0.25) is 4.99 Å². The monoisotopic (exact) mass is 373 g/mol. The maximum absolute atomic E-state index is 12.6. The van der Waals surface area contributed by atoms with Crippen molar-refractivity contribution in [1.82, 2.24) is 9.97 Å². The molecule has 0 aliphatic heterocycles. The third kappa shape index (κ3) is 5.50. The Morgan fingerprint density at radius 1 is 1.25 bits per heavy atom. The zero-order valence-electron chi connectivity index (χ0n) is 12.0. The fourth-order valence-corrected chi connectivity index (χ4v) is 2.37. The van der Waals surface area contributed by atoms with Gasteiger partial charge in [-0.1, -0.05) is 23.4 Å². The Balaban J connectivity index is 2.00. The van der Waals surface area contributed by atoms with Crippen LogP contribution in [0.25, 0.3) is 0 Å². The standard InChI is InChI=1S/C14H11ClF3N5S/c15-9-1-3-10(4-2-9)21-7-11(23-19)8-24-12-5-6-20-13(22-12)14(16,17)18/h1-7H,8,19H2. The Hall–Kier alpha value is -2.13. The van der Waals surface area contributed by atoms with Gasteiger partial charge in [-0.25, -0.2) is 9.97 Å². The molecule has 2 rings (SSSR count). The van der Waals surface area contributed by atoms with Gasteiger partial charge in [0.1, 0.15) is 5.03 Å². The molecule has 0 aliphatic carbocycles. The number of alkyl halides is 3. The van der Waals surface area contributed by atoms with E-state index >= 15 is 0 Å². The molecule has 0 atom stereocenters. The molecule has 0 aliphatic rings. The molecule has 0 bridgehead atoms. The summed E-state index contributed by atoms with van der Waals surface area (Å²) in [7, 11) is 0. The molecular formula is C14H11ClF3N5S. The molecule has 1 heterocycles. The van der Waals surface area contributed by atoms with Crippen molar-refractivity contribution >= 4 is 41.0 Å². The van der Waals surface area contributed by atoms with E-state index in [-0.39, 0.29) is 10.8 Å². The number of aliphatic imine (C=N–C) groups is 1. The van der Waals surface area contributed by atoms with E-state index in [0.29, 0.717) is 16.4 Å². The van der Waals surface area contributed by atoms with Gasteiger partial charge in [0.25, 0.3) is 0 Å². The van der Waals surface area contributed by atoms with Gasteiger partial charge in [0.05, 0.1) is 17.6 Å². The molecule has 10 heteroatoms. The number of hydrazone groups is 1. The van der Waals surface area contributed by atoms with Gasteiger partial charge in [0.2, 0.25) is 5.82 Å². The molecule has 2 aromatic rings. The van der Waals surface area contributed by atoms with Gasteiger partial charge in [0, 0.05) is 17.0 Å². The van der Waals surface area contributed by atoms with Crippen molar-refractivity contribution in [2.75, 3.05) is 5.75 Å². The normalized spacial score (nSPS) is 12.8. The number of halogens is 4. The third-order valence-corrected chi connectivity index (χ3v) is 3.82. The first-order valence-corrected chi connectivity index (χ1v) is 7.84. The number of aromatic nitrogens is 2. The van der Waals surface area contributed by atoms with Gasteiger partial charge < -0.3 is 5.84 Å². The number of nitrogens with zero attached hydrogens (tertiary/aromatic N) is 4.